The molecule has 0 amide bonds. The average molecular weight is 297 g/mol. The molecule has 1 aliphatic heterocycles. The zero-order valence-corrected chi connectivity index (χ0v) is 11.3. The lowest BCUT2D eigenvalue weighted by atomic mass is 10.1. The fraction of sp³-hybridized carbons (Fsp3) is 0.462. The number of halogens is 1. The Morgan fingerprint density at radius 3 is 3.00 bits per heavy atom. The van der Waals surface area contributed by atoms with E-state index in [4.69, 9.17) is 10.5 Å². The van der Waals surface area contributed by atoms with Gasteiger partial charge < -0.3 is 10.5 Å². The lowest BCUT2D eigenvalue weighted by Crippen LogP contribution is -2.17. The molecule has 1 unspecified atom stereocenters. The van der Waals surface area contributed by atoms with Gasteiger partial charge in [0.15, 0.2) is 5.90 Å². The van der Waals surface area contributed by atoms with E-state index in [9.17, 15) is 0 Å². The summed E-state index contributed by atoms with van der Waals surface area (Å²) in [6.07, 6.45) is 2.89. The Bertz CT molecular complexity index is 406. The highest BCUT2D eigenvalue weighted by Gasteiger charge is 2.20. The minimum Gasteiger partial charge on any atom is -0.475 e. The number of benzene rings is 1. The molecule has 1 aliphatic rings. The molecule has 0 saturated heterocycles. The number of ether oxygens (including phenoxy) is 1. The van der Waals surface area contributed by atoms with Crippen LogP contribution in [0.1, 0.15) is 18.4 Å². The maximum atomic E-state index is 5.80. The van der Waals surface area contributed by atoms with Gasteiger partial charge in [-0.1, -0.05) is 34.1 Å². The molecule has 92 valence electrons. The molecule has 1 aromatic carbocycles. The van der Waals surface area contributed by atoms with Gasteiger partial charge in [0.2, 0.25) is 0 Å². The Hall–Kier alpha value is -0.870. The van der Waals surface area contributed by atoms with Crippen molar-refractivity contribution >= 4 is 21.8 Å². The molecular formula is C13H17BrN2O. The Morgan fingerprint density at radius 1 is 1.41 bits per heavy atom. The predicted molar refractivity (Wildman–Crippen MR) is 73.3 cm³/mol. The van der Waals surface area contributed by atoms with Crippen LogP contribution in [0.4, 0.5) is 0 Å². The second kappa shape index (κ2) is 6.17. The molecule has 0 fully saturated rings. The molecule has 0 spiro atoms. The molecule has 0 bridgehead atoms. The van der Waals surface area contributed by atoms with Crippen LogP contribution in [0.15, 0.2) is 33.7 Å². The third-order valence-corrected chi connectivity index (χ3v) is 3.55. The van der Waals surface area contributed by atoms with Gasteiger partial charge in [-0.3, -0.25) is 4.99 Å². The van der Waals surface area contributed by atoms with Crippen LogP contribution in [0.5, 0.6) is 0 Å². The van der Waals surface area contributed by atoms with Crippen LogP contribution in [-0.4, -0.2) is 25.1 Å². The van der Waals surface area contributed by atoms with E-state index in [2.05, 4.69) is 33.1 Å². The lowest BCUT2D eigenvalue weighted by molar-refractivity contribution is 0.218. The first kappa shape index (κ1) is 12.6. The van der Waals surface area contributed by atoms with Gasteiger partial charge in [0.05, 0.1) is 6.54 Å². The molecule has 2 N–H and O–H groups in total. The SMILES string of the molecule is NCCCC1=NCC(Cc2ccccc2Br)O1. The summed E-state index contributed by atoms with van der Waals surface area (Å²) in [7, 11) is 0. The largest absolute Gasteiger partial charge is 0.475 e. The number of nitrogens with zero attached hydrogens (tertiary/aromatic N) is 1. The second-order valence-corrected chi connectivity index (χ2v) is 5.02. The minimum absolute atomic E-state index is 0.182. The van der Waals surface area contributed by atoms with E-state index in [0.29, 0.717) is 6.54 Å². The van der Waals surface area contributed by atoms with Crippen molar-refractivity contribution in [1.29, 1.82) is 0 Å². The zero-order chi connectivity index (χ0) is 12.1. The Labute approximate surface area is 110 Å². The fourth-order valence-electron chi connectivity index (χ4n) is 1.88. The van der Waals surface area contributed by atoms with Gasteiger partial charge in [-0.15, -0.1) is 0 Å². The molecule has 17 heavy (non-hydrogen) atoms. The molecule has 0 aliphatic carbocycles. The molecule has 3 nitrogen and oxygen atoms in total. The van der Waals surface area contributed by atoms with Gasteiger partial charge >= 0.3 is 0 Å². The van der Waals surface area contributed by atoms with Gasteiger partial charge in [-0.05, 0) is 24.6 Å². The van der Waals surface area contributed by atoms with Gasteiger partial charge in [-0.25, -0.2) is 0 Å². The van der Waals surface area contributed by atoms with Crippen LogP contribution in [0.2, 0.25) is 0 Å². The van der Waals surface area contributed by atoms with E-state index < -0.39 is 0 Å². The van der Waals surface area contributed by atoms with E-state index in [1.54, 1.807) is 0 Å². The van der Waals surface area contributed by atoms with Crippen molar-refractivity contribution in [3.63, 3.8) is 0 Å². The number of aliphatic imine (C=N–C) groups is 1. The Balaban J connectivity index is 1.85. The zero-order valence-electron chi connectivity index (χ0n) is 9.73. The first-order valence-electron chi connectivity index (χ1n) is 5.93. The molecule has 4 heteroatoms. The van der Waals surface area contributed by atoms with Crippen molar-refractivity contribution in [2.24, 2.45) is 10.7 Å². The number of hydrogen-bond acceptors (Lipinski definition) is 3. The van der Waals surface area contributed by atoms with Gasteiger partial charge in [0.25, 0.3) is 0 Å². The molecule has 0 aromatic heterocycles. The van der Waals surface area contributed by atoms with Crippen molar-refractivity contribution in [2.75, 3.05) is 13.1 Å². The molecule has 1 aromatic rings. The number of nitrogens with two attached hydrogens (primary N) is 1. The van der Waals surface area contributed by atoms with Crippen LogP contribution >= 0.6 is 15.9 Å². The van der Waals surface area contributed by atoms with Crippen molar-refractivity contribution in [3.05, 3.63) is 34.3 Å². The maximum Gasteiger partial charge on any atom is 0.183 e. The summed E-state index contributed by atoms with van der Waals surface area (Å²) < 4.78 is 6.93. The molecular weight excluding hydrogens is 280 g/mol. The third-order valence-electron chi connectivity index (χ3n) is 2.77. The highest BCUT2D eigenvalue weighted by Crippen LogP contribution is 2.20. The van der Waals surface area contributed by atoms with Gasteiger partial charge in [-0.2, -0.15) is 0 Å². The molecule has 1 atom stereocenters. The van der Waals surface area contributed by atoms with Crippen LogP contribution in [0.25, 0.3) is 0 Å². The van der Waals surface area contributed by atoms with Crippen molar-refractivity contribution in [2.45, 2.75) is 25.4 Å². The summed E-state index contributed by atoms with van der Waals surface area (Å²) in [6, 6.07) is 8.24. The summed E-state index contributed by atoms with van der Waals surface area (Å²) in [4.78, 5) is 4.40. The summed E-state index contributed by atoms with van der Waals surface area (Å²) in [5.74, 6) is 0.868. The molecule has 1 heterocycles. The third kappa shape index (κ3) is 3.54. The molecule has 2 rings (SSSR count). The highest BCUT2D eigenvalue weighted by atomic mass is 79.9. The van der Waals surface area contributed by atoms with E-state index in [-0.39, 0.29) is 6.10 Å². The summed E-state index contributed by atoms with van der Waals surface area (Å²) >= 11 is 3.55. The topological polar surface area (TPSA) is 47.6 Å². The van der Waals surface area contributed by atoms with Crippen LogP contribution in [0, 0.1) is 0 Å². The normalized spacial score (nSPS) is 18.9. The van der Waals surface area contributed by atoms with Gasteiger partial charge in [0.1, 0.15) is 6.10 Å². The summed E-state index contributed by atoms with van der Waals surface area (Å²) in [5, 5.41) is 0. The Morgan fingerprint density at radius 2 is 2.24 bits per heavy atom. The highest BCUT2D eigenvalue weighted by molar-refractivity contribution is 9.10. The van der Waals surface area contributed by atoms with Crippen LogP contribution in [0.3, 0.4) is 0 Å². The van der Waals surface area contributed by atoms with E-state index in [1.165, 1.54) is 5.56 Å². The van der Waals surface area contributed by atoms with Crippen molar-refractivity contribution < 1.29 is 4.74 Å². The monoisotopic (exact) mass is 296 g/mol. The van der Waals surface area contributed by atoms with Crippen molar-refractivity contribution in [1.82, 2.24) is 0 Å². The van der Waals surface area contributed by atoms with Crippen molar-refractivity contribution in [3.8, 4) is 0 Å². The average Bonchev–Trinajstić information content (AvgIpc) is 2.77. The number of rotatable bonds is 5. The van der Waals surface area contributed by atoms with E-state index in [0.717, 1.165) is 36.2 Å². The quantitative estimate of drug-likeness (QED) is 0.908. The Kier molecular flexibility index (Phi) is 4.57. The smallest absolute Gasteiger partial charge is 0.183 e. The van der Waals surface area contributed by atoms with Gasteiger partial charge in [0, 0.05) is 17.3 Å². The van der Waals surface area contributed by atoms with E-state index in [1.807, 2.05) is 12.1 Å². The summed E-state index contributed by atoms with van der Waals surface area (Å²) in [5.41, 5.74) is 6.74. The number of hydrogen-bond donors (Lipinski definition) is 1. The fourth-order valence-corrected chi connectivity index (χ4v) is 2.32. The second-order valence-electron chi connectivity index (χ2n) is 4.16. The predicted octanol–water partition coefficient (Wildman–Crippen LogP) is 2.53. The molecule has 0 radical (unpaired) electrons. The maximum absolute atomic E-state index is 5.80. The first-order valence-corrected chi connectivity index (χ1v) is 6.72. The standard InChI is InChI=1S/C13H17BrN2O/c14-12-5-2-1-4-10(12)8-11-9-16-13(17-11)6-3-7-15/h1-2,4-5,11H,3,6-9,15H2. The van der Waals surface area contributed by atoms with Crippen LogP contribution < -0.4 is 5.73 Å². The lowest BCUT2D eigenvalue weighted by Gasteiger charge is -2.12. The van der Waals surface area contributed by atoms with Crippen LogP contribution in [-0.2, 0) is 11.2 Å². The van der Waals surface area contributed by atoms with E-state index >= 15 is 0 Å². The minimum atomic E-state index is 0.182. The first-order chi connectivity index (χ1) is 8.29. The summed E-state index contributed by atoms with van der Waals surface area (Å²) in [6.45, 7) is 1.46. The molecule has 0 saturated carbocycles.